The first kappa shape index (κ1) is 19.2. The van der Waals surface area contributed by atoms with Gasteiger partial charge in [0, 0.05) is 6.54 Å². The Kier molecular flexibility index (Phi) is 4.84. The van der Waals surface area contributed by atoms with Crippen LogP contribution < -0.4 is 16.6 Å². The van der Waals surface area contributed by atoms with Crippen molar-refractivity contribution in [3.8, 4) is 0 Å². The fraction of sp³-hybridized carbons (Fsp3) is 0.278. The lowest BCUT2D eigenvalue weighted by Gasteiger charge is -2.23. The molecule has 1 aliphatic heterocycles. The SMILES string of the molecule is O=C(NCc1ccco1)C1CCCN1S(=O)(=O)c1ccc2[nH]c(=O)[nH]c(=O)c2c1. The molecule has 2 aromatic heterocycles. The van der Waals surface area contributed by atoms with Crippen LogP contribution in [0.15, 0.2) is 55.5 Å². The van der Waals surface area contributed by atoms with Crippen molar-refractivity contribution >= 4 is 26.8 Å². The van der Waals surface area contributed by atoms with Crippen LogP contribution >= 0.6 is 0 Å². The summed E-state index contributed by atoms with van der Waals surface area (Å²) in [7, 11) is -4.02. The molecular weight excluding hydrogens is 400 g/mol. The van der Waals surface area contributed by atoms with E-state index in [-0.39, 0.29) is 28.9 Å². The van der Waals surface area contributed by atoms with Gasteiger partial charge in [0.25, 0.3) is 5.56 Å². The van der Waals surface area contributed by atoms with Gasteiger partial charge in [-0.25, -0.2) is 13.2 Å². The number of aromatic nitrogens is 2. The lowest BCUT2D eigenvalue weighted by atomic mass is 10.2. The van der Waals surface area contributed by atoms with Gasteiger partial charge < -0.3 is 14.7 Å². The van der Waals surface area contributed by atoms with Crippen LogP contribution in [0.1, 0.15) is 18.6 Å². The summed E-state index contributed by atoms with van der Waals surface area (Å²) in [6.07, 6.45) is 2.42. The smallest absolute Gasteiger partial charge is 0.326 e. The van der Waals surface area contributed by atoms with Crippen LogP contribution in [-0.4, -0.2) is 41.2 Å². The summed E-state index contributed by atoms with van der Waals surface area (Å²) in [6.45, 7) is 0.357. The fourth-order valence-corrected chi connectivity index (χ4v) is 5.12. The molecular formula is C18H18N4O6S. The first-order valence-corrected chi connectivity index (χ1v) is 10.4. The number of hydrogen-bond donors (Lipinski definition) is 3. The van der Waals surface area contributed by atoms with Crippen molar-refractivity contribution in [1.82, 2.24) is 19.6 Å². The number of rotatable bonds is 5. The molecule has 29 heavy (non-hydrogen) atoms. The molecule has 1 amide bonds. The molecule has 0 aliphatic carbocycles. The summed E-state index contributed by atoms with van der Waals surface area (Å²) in [5.41, 5.74) is -1.13. The van der Waals surface area contributed by atoms with Gasteiger partial charge in [-0.3, -0.25) is 14.6 Å². The molecule has 152 valence electrons. The van der Waals surface area contributed by atoms with Crippen molar-refractivity contribution in [2.75, 3.05) is 6.54 Å². The summed E-state index contributed by atoms with van der Waals surface area (Å²) < 4.78 is 32.6. The maximum absolute atomic E-state index is 13.1. The Hall–Kier alpha value is -3.18. The molecule has 10 nitrogen and oxygen atoms in total. The van der Waals surface area contributed by atoms with E-state index in [0.29, 0.717) is 18.6 Å². The lowest BCUT2D eigenvalue weighted by molar-refractivity contribution is -0.124. The number of sulfonamides is 1. The summed E-state index contributed by atoms with van der Waals surface area (Å²) >= 11 is 0. The van der Waals surface area contributed by atoms with Crippen molar-refractivity contribution < 1.29 is 17.6 Å². The van der Waals surface area contributed by atoms with Crippen molar-refractivity contribution in [2.45, 2.75) is 30.3 Å². The Morgan fingerprint density at radius 3 is 2.83 bits per heavy atom. The monoisotopic (exact) mass is 418 g/mol. The molecule has 0 bridgehead atoms. The Morgan fingerprint density at radius 2 is 2.07 bits per heavy atom. The van der Waals surface area contributed by atoms with Gasteiger partial charge in [-0.15, -0.1) is 0 Å². The first-order valence-electron chi connectivity index (χ1n) is 8.94. The number of carbonyl (C=O) groups is 1. The van der Waals surface area contributed by atoms with Gasteiger partial charge in [-0.1, -0.05) is 0 Å². The maximum Gasteiger partial charge on any atom is 0.326 e. The second-order valence-corrected chi connectivity index (χ2v) is 8.58. The number of hydrogen-bond acceptors (Lipinski definition) is 6. The lowest BCUT2D eigenvalue weighted by Crippen LogP contribution is -2.45. The minimum Gasteiger partial charge on any atom is -0.467 e. The molecule has 0 saturated carbocycles. The van der Waals surface area contributed by atoms with Gasteiger partial charge in [0.1, 0.15) is 11.8 Å². The number of fused-ring (bicyclic) bond motifs is 1. The summed E-state index contributed by atoms with van der Waals surface area (Å²) in [5.74, 6) is 0.152. The average molecular weight is 418 g/mol. The first-order chi connectivity index (χ1) is 13.9. The Bertz CT molecular complexity index is 1280. The van der Waals surface area contributed by atoms with Gasteiger partial charge >= 0.3 is 5.69 Å². The number of nitrogens with zero attached hydrogens (tertiary/aromatic N) is 1. The zero-order valence-electron chi connectivity index (χ0n) is 15.2. The van der Waals surface area contributed by atoms with E-state index in [4.69, 9.17) is 4.42 Å². The highest BCUT2D eigenvalue weighted by Gasteiger charge is 2.39. The van der Waals surface area contributed by atoms with E-state index < -0.39 is 33.2 Å². The third-order valence-electron chi connectivity index (χ3n) is 4.84. The van der Waals surface area contributed by atoms with Crippen LogP contribution in [0.2, 0.25) is 0 Å². The number of carbonyl (C=O) groups excluding carboxylic acids is 1. The van der Waals surface area contributed by atoms with Crippen LogP contribution in [0.4, 0.5) is 0 Å². The number of H-pyrrole nitrogens is 2. The van der Waals surface area contributed by atoms with E-state index in [0.717, 1.165) is 4.31 Å². The predicted molar refractivity (Wildman–Crippen MR) is 103 cm³/mol. The van der Waals surface area contributed by atoms with E-state index in [1.807, 2.05) is 0 Å². The minimum absolute atomic E-state index is 0.0451. The van der Waals surface area contributed by atoms with Gasteiger partial charge in [0.15, 0.2) is 0 Å². The second kappa shape index (κ2) is 7.33. The number of furan rings is 1. The number of aromatic amines is 2. The summed E-state index contributed by atoms with van der Waals surface area (Å²) in [4.78, 5) is 40.4. The topological polar surface area (TPSA) is 145 Å². The molecule has 3 heterocycles. The summed E-state index contributed by atoms with van der Waals surface area (Å²) in [6, 6.07) is 6.43. The zero-order valence-corrected chi connectivity index (χ0v) is 16.0. The van der Waals surface area contributed by atoms with Gasteiger partial charge in [0.2, 0.25) is 15.9 Å². The molecule has 3 N–H and O–H groups in total. The standard InChI is InChI=1S/C18H18N4O6S/c23-16-13-9-12(5-6-14(13)20-18(25)21-16)29(26,27)22-7-1-4-15(22)17(24)19-10-11-3-2-8-28-11/h2-3,5-6,8-9,15H,1,4,7,10H2,(H,19,24)(H2,20,21,23,25). The van der Waals surface area contributed by atoms with Crippen LogP contribution in [0.5, 0.6) is 0 Å². The van der Waals surface area contributed by atoms with E-state index in [1.54, 1.807) is 12.1 Å². The van der Waals surface area contributed by atoms with Crippen molar-refractivity contribution in [1.29, 1.82) is 0 Å². The molecule has 4 rings (SSSR count). The van der Waals surface area contributed by atoms with Gasteiger partial charge in [-0.2, -0.15) is 4.31 Å². The normalized spacial score (nSPS) is 17.6. The van der Waals surface area contributed by atoms with Crippen LogP contribution in [0.25, 0.3) is 10.9 Å². The highest BCUT2D eigenvalue weighted by Crippen LogP contribution is 2.27. The molecule has 1 atom stereocenters. The van der Waals surface area contributed by atoms with E-state index >= 15 is 0 Å². The predicted octanol–water partition coefficient (Wildman–Crippen LogP) is 0.279. The fourth-order valence-electron chi connectivity index (χ4n) is 3.44. The summed E-state index contributed by atoms with van der Waals surface area (Å²) in [5, 5.41) is 2.74. The average Bonchev–Trinajstić information content (AvgIpc) is 3.37. The quantitative estimate of drug-likeness (QED) is 0.543. The van der Waals surface area contributed by atoms with E-state index in [2.05, 4.69) is 15.3 Å². The van der Waals surface area contributed by atoms with Gasteiger partial charge in [0.05, 0.1) is 28.6 Å². The van der Waals surface area contributed by atoms with Crippen molar-refractivity contribution in [3.05, 3.63) is 63.2 Å². The molecule has 3 aromatic rings. The molecule has 1 aromatic carbocycles. The number of nitrogens with one attached hydrogen (secondary N) is 3. The van der Waals surface area contributed by atoms with Crippen molar-refractivity contribution in [3.63, 3.8) is 0 Å². The maximum atomic E-state index is 13.1. The minimum atomic E-state index is -4.02. The second-order valence-electron chi connectivity index (χ2n) is 6.69. The highest BCUT2D eigenvalue weighted by atomic mass is 32.2. The van der Waals surface area contributed by atoms with Crippen LogP contribution in [-0.2, 0) is 21.4 Å². The van der Waals surface area contributed by atoms with Crippen molar-refractivity contribution in [2.24, 2.45) is 0 Å². The van der Waals surface area contributed by atoms with E-state index in [9.17, 15) is 22.8 Å². The third-order valence-corrected chi connectivity index (χ3v) is 6.74. The Morgan fingerprint density at radius 1 is 1.24 bits per heavy atom. The molecule has 1 unspecified atom stereocenters. The van der Waals surface area contributed by atoms with Crippen LogP contribution in [0, 0.1) is 0 Å². The number of amides is 1. The van der Waals surface area contributed by atoms with Crippen LogP contribution in [0.3, 0.4) is 0 Å². The zero-order chi connectivity index (χ0) is 20.6. The molecule has 0 radical (unpaired) electrons. The molecule has 11 heteroatoms. The molecule has 1 saturated heterocycles. The van der Waals surface area contributed by atoms with Gasteiger partial charge in [-0.05, 0) is 43.2 Å². The molecule has 1 fully saturated rings. The number of benzene rings is 1. The molecule has 1 aliphatic rings. The molecule has 0 spiro atoms. The Labute approximate surface area is 164 Å². The van der Waals surface area contributed by atoms with E-state index in [1.165, 1.54) is 24.5 Å². The highest BCUT2D eigenvalue weighted by molar-refractivity contribution is 7.89. The third kappa shape index (κ3) is 3.61. The Balaban J connectivity index is 1.61. The largest absolute Gasteiger partial charge is 0.467 e.